The third-order valence-electron chi connectivity index (χ3n) is 1.85. The van der Waals surface area contributed by atoms with Crippen LogP contribution >= 0.6 is 11.3 Å². The van der Waals surface area contributed by atoms with E-state index in [9.17, 15) is 9.59 Å². The lowest BCUT2D eigenvalue weighted by Crippen LogP contribution is -2.42. The molecule has 0 unspecified atom stereocenters. The minimum absolute atomic E-state index is 0.333. The first-order valence-electron chi connectivity index (χ1n) is 4.75. The quantitative estimate of drug-likeness (QED) is 0.746. The van der Waals surface area contributed by atoms with Crippen LogP contribution in [0.2, 0.25) is 0 Å². The molecule has 0 spiro atoms. The molecule has 6 nitrogen and oxygen atoms in total. The Bertz CT molecular complexity index is 391. The first-order valence-corrected chi connectivity index (χ1v) is 5.63. The Morgan fingerprint density at radius 2 is 2.31 bits per heavy atom. The first-order chi connectivity index (χ1) is 7.52. The SMILES string of the molecule is CC[C@@H](NC(=O)Nc1nc(C)cs1)C(=O)O. The Hall–Kier alpha value is -1.63. The fraction of sp³-hybridized carbons (Fsp3) is 0.444. The van der Waals surface area contributed by atoms with Crippen LogP contribution < -0.4 is 10.6 Å². The van der Waals surface area contributed by atoms with Gasteiger partial charge in [0.15, 0.2) is 5.13 Å². The lowest BCUT2D eigenvalue weighted by Gasteiger charge is -2.11. The van der Waals surface area contributed by atoms with Gasteiger partial charge >= 0.3 is 12.0 Å². The van der Waals surface area contributed by atoms with Crippen LogP contribution in [-0.2, 0) is 4.79 Å². The zero-order valence-electron chi connectivity index (χ0n) is 8.98. The van der Waals surface area contributed by atoms with Crippen molar-refractivity contribution in [1.82, 2.24) is 10.3 Å². The molecule has 1 atom stereocenters. The summed E-state index contributed by atoms with van der Waals surface area (Å²) < 4.78 is 0. The maximum Gasteiger partial charge on any atom is 0.326 e. The van der Waals surface area contributed by atoms with E-state index in [0.29, 0.717) is 11.6 Å². The van der Waals surface area contributed by atoms with Crippen molar-refractivity contribution in [1.29, 1.82) is 0 Å². The Morgan fingerprint density at radius 1 is 1.62 bits per heavy atom. The Balaban J connectivity index is 2.50. The number of amides is 2. The van der Waals surface area contributed by atoms with Crippen LogP contribution in [0, 0.1) is 6.92 Å². The minimum atomic E-state index is -1.05. The van der Waals surface area contributed by atoms with E-state index in [4.69, 9.17) is 5.11 Å². The molecule has 0 fully saturated rings. The molecule has 0 radical (unpaired) electrons. The van der Waals surface area contributed by atoms with Gasteiger partial charge in [-0.15, -0.1) is 11.3 Å². The van der Waals surface area contributed by atoms with E-state index in [1.165, 1.54) is 11.3 Å². The van der Waals surface area contributed by atoms with Crippen LogP contribution in [0.25, 0.3) is 0 Å². The van der Waals surface area contributed by atoms with Gasteiger partial charge in [0.25, 0.3) is 0 Å². The number of carbonyl (C=O) groups is 2. The van der Waals surface area contributed by atoms with E-state index in [0.717, 1.165) is 5.69 Å². The van der Waals surface area contributed by atoms with Crippen LogP contribution in [-0.4, -0.2) is 28.1 Å². The van der Waals surface area contributed by atoms with E-state index in [-0.39, 0.29) is 0 Å². The van der Waals surface area contributed by atoms with Crippen molar-refractivity contribution in [3.05, 3.63) is 11.1 Å². The standard InChI is InChI=1S/C9H13N3O3S/c1-3-6(7(13)14)11-8(15)12-9-10-5(2)4-16-9/h4,6H,3H2,1-2H3,(H,13,14)(H2,10,11,12,15)/t6-/m1/s1. The Labute approximate surface area is 96.7 Å². The average molecular weight is 243 g/mol. The molecule has 1 aromatic heterocycles. The molecule has 0 saturated carbocycles. The minimum Gasteiger partial charge on any atom is -0.480 e. The van der Waals surface area contributed by atoms with Crippen LogP contribution in [0.4, 0.5) is 9.93 Å². The van der Waals surface area contributed by atoms with Crippen molar-refractivity contribution in [2.75, 3.05) is 5.32 Å². The van der Waals surface area contributed by atoms with Crippen molar-refractivity contribution < 1.29 is 14.7 Å². The third kappa shape index (κ3) is 3.50. The maximum atomic E-state index is 11.4. The van der Waals surface area contributed by atoms with Crippen LogP contribution in [0.15, 0.2) is 5.38 Å². The van der Waals surface area contributed by atoms with Gasteiger partial charge in [-0.25, -0.2) is 14.6 Å². The van der Waals surface area contributed by atoms with Crippen molar-refractivity contribution in [2.24, 2.45) is 0 Å². The summed E-state index contributed by atoms with van der Waals surface area (Å²) in [6.45, 7) is 3.50. The number of carboxylic acids is 1. The van der Waals surface area contributed by atoms with Gasteiger partial charge in [-0.1, -0.05) is 6.92 Å². The van der Waals surface area contributed by atoms with E-state index < -0.39 is 18.0 Å². The highest BCUT2D eigenvalue weighted by atomic mass is 32.1. The van der Waals surface area contributed by atoms with Gasteiger partial charge in [0.2, 0.25) is 0 Å². The second-order valence-electron chi connectivity index (χ2n) is 3.19. The van der Waals surface area contributed by atoms with E-state index in [1.54, 1.807) is 12.3 Å². The van der Waals surface area contributed by atoms with E-state index in [2.05, 4.69) is 15.6 Å². The lowest BCUT2D eigenvalue weighted by molar-refractivity contribution is -0.139. The molecule has 1 rings (SSSR count). The molecule has 0 aliphatic carbocycles. The molecule has 0 aliphatic rings. The summed E-state index contributed by atoms with van der Waals surface area (Å²) in [5.41, 5.74) is 0.811. The van der Waals surface area contributed by atoms with Gasteiger partial charge in [0, 0.05) is 5.38 Å². The number of urea groups is 1. The van der Waals surface area contributed by atoms with Crippen molar-refractivity contribution in [3.63, 3.8) is 0 Å². The smallest absolute Gasteiger partial charge is 0.326 e. The summed E-state index contributed by atoms with van der Waals surface area (Å²) >= 11 is 1.29. The molecular formula is C9H13N3O3S. The first kappa shape index (κ1) is 12.4. The number of hydrogen-bond acceptors (Lipinski definition) is 4. The zero-order chi connectivity index (χ0) is 12.1. The molecule has 88 valence electrons. The molecule has 2 amide bonds. The number of rotatable bonds is 4. The number of aryl methyl sites for hydroxylation is 1. The molecule has 1 heterocycles. The molecule has 0 bridgehead atoms. The second-order valence-corrected chi connectivity index (χ2v) is 4.05. The molecule has 0 aromatic carbocycles. The summed E-state index contributed by atoms with van der Waals surface area (Å²) in [5, 5.41) is 15.8. The van der Waals surface area contributed by atoms with Crippen molar-refractivity contribution >= 4 is 28.5 Å². The average Bonchev–Trinajstić information content (AvgIpc) is 2.60. The van der Waals surface area contributed by atoms with Gasteiger partial charge in [-0.05, 0) is 13.3 Å². The van der Waals surface area contributed by atoms with E-state index >= 15 is 0 Å². The molecule has 16 heavy (non-hydrogen) atoms. The van der Waals surface area contributed by atoms with Gasteiger partial charge in [0.1, 0.15) is 6.04 Å². The summed E-state index contributed by atoms with van der Waals surface area (Å²) in [5.74, 6) is -1.05. The largest absolute Gasteiger partial charge is 0.480 e. The maximum absolute atomic E-state index is 11.4. The monoisotopic (exact) mass is 243 g/mol. The fourth-order valence-corrected chi connectivity index (χ4v) is 1.72. The van der Waals surface area contributed by atoms with Crippen molar-refractivity contribution in [3.8, 4) is 0 Å². The highest BCUT2D eigenvalue weighted by Gasteiger charge is 2.17. The van der Waals surface area contributed by atoms with Crippen LogP contribution in [0.1, 0.15) is 19.0 Å². The molecule has 0 saturated heterocycles. The topological polar surface area (TPSA) is 91.3 Å². The number of aliphatic carboxylic acids is 1. The highest BCUT2D eigenvalue weighted by molar-refractivity contribution is 7.13. The number of carboxylic acid groups (broad SMARTS) is 1. The fourth-order valence-electron chi connectivity index (χ4n) is 1.04. The summed E-state index contributed by atoms with van der Waals surface area (Å²) in [6, 6.07) is -1.43. The Kier molecular flexibility index (Phi) is 4.24. The number of nitrogens with one attached hydrogen (secondary N) is 2. The number of anilines is 1. The third-order valence-corrected chi connectivity index (χ3v) is 2.73. The lowest BCUT2D eigenvalue weighted by atomic mass is 10.2. The zero-order valence-corrected chi connectivity index (χ0v) is 9.80. The van der Waals surface area contributed by atoms with Gasteiger partial charge in [-0.2, -0.15) is 0 Å². The summed E-state index contributed by atoms with van der Waals surface area (Å²) in [7, 11) is 0. The highest BCUT2D eigenvalue weighted by Crippen LogP contribution is 2.13. The van der Waals surface area contributed by atoms with Gasteiger partial charge in [-0.3, -0.25) is 5.32 Å². The summed E-state index contributed by atoms with van der Waals surface area (Å²) in [6.07, 6.45) is 0.333. The second kappa shape index (κ2) is 5.45. The normalized spacial score (nSPS) is 11.9. The predicted octanol–water partition coefficient (Wildman–Crippen LogP) is 1.44. The molecular weight excluding hydrogens is 230 g/mol. The summed E-state index contributed by atoms with van der Waals surface area (Å²) in [4.78, 5) is 26.1. The molecule has 1 aromatic rings. The number of thiazole rings is 1. The van der Waals surface area contributed by atoms with Crippen LogP contribution in [0.5, 0.6) is 0 Å². The molecule has 3 N–H and O–H groups in total. The van der Waals surface area contributed by atoms with Gasteiger partial charge < -0.3 is 10.4 Å². The number of hydrogen-bond donors (Lipinski definition) is 3. The number of aromatic nitrogens is 1. The molecule has 7 heteroatoms. The van der Waals surface area contributed by atoms with Crippen molar-refractivity contribution in [2.45, 2.75) is 26.3 Å². The number of nitrogens with zero attached hydrogens (tertiary/aromatic N) is 1. The van der Waals surface area contributed by atoms with Gasteiger partial charge in [0.05, 0.1) is 5.69 Å². The molecule has 0 aliphatic heterocycles. The van der Waals surface area contributed by atoms with E-state index in [1.807, 2.05) is 6.92 Å². The van der Waals surface area contributed by atoms with Crippen LogP contribution in [0.3, 0.4) is 0 Å². The number of carbonyl (C=O) groups excluding carboxylic acids is 1. The Morgan fingerprint density at radius 3 is 2.75 bits per heavy atom. The predicted molar refractivity (Wildman–Crippen MR) is 60.7 cm³/mol.